The van der Waals surface area contributed by atoms with Crippen LogP contribution in [0.5, 0.6) is 0 Å². The van der Waals surface area contributed by atoms with Crippen LogP contribution in [0, 0.1) is 5.41 Å². The molecule has 0 aliphatic carbocycles. The van der Waals surface area contributed by atoms with Crippen LogP contribution in [-0.2, 0) is 0 Å². The molecule has 2 heterocycles. The van der Waals surface area contributed by atoms with E-state index in [1.54, 1.807) is 0 Å². The number of para-hydroxylation sites is 2. The zero-order chi connectivity index (χ0) is 38.1. The summed E-state index contributed by atoms with van der Waals surface area (Å²) in [4.78, 5) is 10.4. The van der Waals surface area contributed by atoms with Gasteiger partial charge in [0.15, 0.2) is 5.82 Å². The fraction of sp³-hybridized carbons (Fsp3) is 0. The fourth-order valence-corrected chi connectivity index (χ4v) is 7.89. The van der Waals surface area contributed by atoms with E-state index in [0.717, 1.165) is 66.8 Å². The molecule has 8 aromatic carbocycles. The second-order valence-electron chi connectivity index (χ2n) is 14.2. The Morgan fingerprint density at radius 1 is 0.439 bits per heavy atom. The third kappa shape index (κ3) is 6.39. The van der Waals surface area contributed by atoms with Crippen molar-refractivity contribution < 1.29 is 0 Å². The van der Waals surface area contributed by atoms with E-state index >= 15 is 0 Å². The molecule has 0 bridgehead atoms. The van der Waals surface area contributed by atoms with Gasteiger partial charge >= 0.3 is 0 Å². The molecule has 0 fully saturated rings. The van der Waals surface area contributed by atoms with Gasteiger partial charge in [-0.3, -0.25) is 0 Å². The van der Waals surface area contributed by atoms with Gasteiger partial charge in [0.1, 0.15) is 0 Å². The van der Waals surface area contributed by atoms with E-state index in [1.165, 1.54) is 21.8 Å². The predicted molar refractivity (Wildman–Crippen MR) is 237 cm³/mol. The quantitative estimate of drug-likeness (QED) is 0.158. The van der Waals surface area contributed by atoms with Crippen molar-refractivity contribution in [2.24, 2.45) is 0 Å². The maximum atomic E-state index is 9.08. The first-order chi connectivity index (χ1) is 28.2. The molecule has 10 rings (SSSR count). The smallest absolute Gasteiger partial charge is 0.160 e. The van der Waals surface area contributed by atoms with Gasteiger partial charge in [-0.15, -0.1) is 0 Å². The van der Waals surface area contributed by atoms with Crippen molar-refractivity contribution in [3.05, 3.63) is 229 Å². The normalized spacial score (nSPS) is 11.7. The molecule has 0 amide bonds. The molecule has 0 radical (unpaired) electrons. The summed E-state index contributed by atoms with van der Waals surface area (Å²) in [6, 6.07) is 71.3. The van der Waals surface area contributed by atoms with Crippen molar-refractivity contribution in [3.8, 4) is 39.6 Å². The van der Waals surface area contributed by atoms with Crippen molar-refractivity contribution in [1.29, 1.82) is 5.41 Å². The Morgan fingerprint density at radius 2 is 0.982 bits per heavy atom. The van der Waals surface area contributed by atoms with Crippen LogP contribution in [0.25, 0.3) is 77.7 Å². The largest absolute Gasteiger partial charge is 0.309 e. The molecule has 4 heteroatoms. The second-order valence-corrected chi connectivity index (χ2v) is 14.2. The van der Waals surface area contributed by atoms with E-state index in [9.17, 15) is 0 Å². The summed E-state index contributed by atoms with van der Waals surface area (Å²) in [5, 5.41) is 13.7. The third-order valence-electron chi connectivity index (χ3n) is 10.7. The molecular formula is C53H36N4. The highest BCUT2D eigenvalue weighted by atomic mass is 15.0. The van der Waals surface area contributed by atoms with E-state index in [-0.39, 0.29) is 0 Å². The summed E-state index contributed by atoms with van der Waals surface area (Å²) < 4.78 is 2.33. The lowest BCUT2D eigenvalue weighted by Gasteiger charge is -2.15. The van der Waals surface area contributed by atoms with Gasteiger partial charge in [-0.05, 0) is 75.5 Å². The van der Waals surface area contributed by atoms with Gasteiger partial charge in [-0.25, -0.2) is 9.97 Å². The lowest BCUT2D eigenvalue weighted by molar-refractivity contribution is 1.17. The number of hydrogen-bond donors (Lipinski definition) is 1. The number of allylic oxidation sites excluding steroid dienone is 1. The Morgan fingerprint density at radius 3 is 1.63 bits per heavy atom. The van der Waals surface area contributed by atoms with E-state index in [0.29, 0.717) is 11.5 Å². The molecule has 0 spiro atoms. The maximum absolute atomic E-state index is 9.08. The first-order valence-corrected chi connectivity index (χ1v) is 19.2. The third-order valence-corrected chi connectivity index (χ3v) is 10.7. The molecule has 0 saturated carbocycles. The molecule has 0 aliphatic heterocycles. The molecule has 0 saturated heterocycles. The van der Waals surface area contributed by atoms with Crippen molar-refractivity contribution in [2.45, 2.75) is 0 Å². The highest BCUT2D eigenvalue weighted by Crippen LogP contribution is 2.36. The van der Waals surface area contributed by atoms with Crippen LogP contribution in [0.1, 0.15) is 16.7 Å². The van der Waals surface area contributed by atoms with E-state index < -0.39 is 0 Å². The van der Waals surface area contributed by atoms with Crippen LogP contribution >= 0.6 is 0 Å². The number of aromatic nitrogens is 3. The number of hydrogen-bond acceptors (Lipinski definition) is 3. The Bertz CT molecular complexity index is 3050. The van der Waals surface area contributed by atoms with Gasteiger partial charge in [0.05, 0.1) is 28.1 Å². The Hall–Kier alpha value is -7.69. The van der Waals surface area contributed by atoms with E-state index in [2.05, 4.69) is 144 Å². The highest BCUT2D eigenvalue weighted by molar-refractivity contribution is 6.14. The van der Waals surface area contributed by atoms with Gasteiger partial charge < -0.3 is 9.98 Å². The molecule has 57 heavy (non-hydrogen) atoms. The van der Waals surface area contributed by atoms with E-state index in [1.807, 2.05) is 72.8 Å². The molecule has 0 atom stereocenters. The zero-order valence-corrected chi connectivity index (χ0v) is 31.0. The summed E-state index contributed by atoms with van der Waals surface area (Å²) in [6.45, 7) is 0. The Balaban J connectivity index is 1.10. The SMILES string of the molecule is N=C(/C=C(/c1ccccc1)c1cccc2ccc(-c3nc(-c4ccccc4)cc(-c4ccc(-n5c6ccccc6c6ccccc65)cc4)n3)cc12)c1ccccc1. The van der Waals surface area contributed by atoms with Gasteiger partial charge in [0, 0.05) is 33.2 Å². The molecule has 2 aromatic heterocycles. The first-order valence-electron chi connectivity index (χ1n) is 19.2. The lowest BCUT2D eigenvalue weighted by atomic mass is 9.90. The van der Waals surface area contributed by atoms with Crippen LogP contribution in [0.15, 0.2) is 212 Å². The number of rotatable bonds is 8. The number of nitrogens with one attached hydrogen (secondary N) is 1. The molecule has 0 unspecified atom stereocenters. The summed E-state index contributed by atoms with van der Waals surface area (Å²) in [6.07, 6.45) is 1.99. The van der Waals surface area contributed by atoms with Crippen LogP contribution in [0.2, 0.25) is 0 Å². The number of fused-ring (bicyclic) bond motifs is 4. The lowest BCUT2D eigenvalue weighted by Crippen LogP contribution is -1.99. The average molecular weight is 729 g/mol. The Kier molecular flexibility index (Phi) is 8.62. The predicted octanol–water partition coefficient (Wildman–Crippen LogP) is 13.2. The fourth-order valence-electron chi connectivity index (χ4n) is 7.89. The summed E-state index contributed by atoms with van der Waals surface area (Å²) >= 11 is 0. The van der Waals surface area contributed by atoms with Crippen LogP contribution in [0.3, 0.4) is 0 Å². The molecule has 1 N–H and O–H groups in total. The standard InChI is InChI=1S/C53H36N4/c54-48(38-17-6-2-7-18-38)34-47(36-15-4-1-5-16-36)43-24-14-21-37-27-28-41(33-46(37)43)53-55-49(39-19-8-3-9-20-39)35-50(56-53)40-29-31-42(32-30-40)57-51-25-12-10-22-44(51)45-23-11-13-26-52(45)57/h1-35,54H/b47-34-,54-48?. The summed E-state index contributed by atoms with van der Waals surface area (Å²) in [5.74, 6) is 0.650. The monoisotopic (exact) mass is 728 g/mol. The summed E-state index contributed by atoms with van der Waals surface area (Å²) in [7, 11) is 0. The minimum Gasteiger partial charge on any atom is -0.309 e. The Labute approximate surface area is 331 Å². The topological polar surface area (TPSA) is 54.6 Å². The minimum atomic E-state index is 0.454. The average Bonchev–Trinajstić information content (AvgIpc) is 3.63. The molecule has 4 nitrogen and oxygen atoms in total. The van der Waals surface area contributed by atoms with Gasteiger partial charge in [-0.1, -0.05) is 170 Å². The van der Waals surface area contributed by atoms with Crippen LogP contribution < -0.4 is 0 Å². The van der Waals surface area contributed by atoms with Gasteiger partial charge in [0.2, 0.25) is 0 Å². The van der Waals surface area contributed by atoms with Crippen LogP contribution in [0.4, 0.5) is 0 Å². The molecule has 0 aliphatic rings. The maximum Gasteiger partial charge on any atom is 0.160 e. The highest BCUT2D eigenvalue weighted by Gasteiger charge is 2.16. The van der Waals surface area contributed by atoms with Crippen molar-refractivity contribution >= 4 is 43.9 Å². The van der Waals surface area contributed by atoms with Crippen LogP contribution in [-0.4, -0.2) is 20.2 Å². The molecule has 268 valence electrons. The zero-order valence-electron chi connectivity index (χ0n) is 31.0. The number of benzene rings is 8. The van der Waals surface area contributed by atoms with Crippen molar-refractivity contribution in [2.75, 3.05) is 0 Å². The van der Waals surface area contributed by atoms with E-state index in [4.69, 9.17) is 15.4 Å². The molecule has 10 aromatic rings. The first kappa shape index (κ1) is 33.8. The minimum absolute atomic E-state index is 0.454. The van der Waals surface area contributed by atoms with Gasteiger partial charge in [-0.2, -0.15) is 0 Å². The number of nitrogens with zero attached hydrogens (tertiary/aromatic N) is 3. The van der Waals surface area contributed by atoms with Crippen molar-refractivity contribution in [3.63, 3.8) is 0 Å². The second kappa shape index (κ2) is 14.5. The summed E-state index contributed by atoms with van der Waals surface area (Å²) in [5.41, 5.74) is 12.5. The van der Waals surface area contributed by atoms with Crippen molar-refractivity contribution in [1.82, 2.24) is 14.5 Å². The van der Waals surface area contributed by atoms with Gasteiger partial charge in [0.25, 0.3) is 0 Å². The molecular weight excluding hydrogens is 693 g/mol.